The van der Waals surface area contributed by atoms with E-state index in [2.05, 4.69) is 11.7 Å². The Morgan fingerprint density at radius 2 is 1.74 bits per heavy atom. The molecule has 2 unspecified atom stereocenters. The van der Waals surface area contributed by atoms with Gasteiger partial charge in [0.15, 0.2) is 0 Å². The average molecular weight is 429 g/mol. The molecule has 0 N–H and O–H groups in total. The van der Waals surface area contributed by atoms with Crippen molar-refractivity contribution in [3.05, 3.63) is 47.0 Å². The second kappa shape index (κ2) is 9.67. The van der Waals surface area contributed by atoms with Crippen molar-refractivity contribution in [3.8, 4) is 0 Å². The van der Waals surface area contributed by atoms with Crippen molar-refractivity contribution in [1.29, 1.82) is 0 Å². The van der Waals surface area contributed by atoms with E-state index in [-0.39, 0.29) is 16.8 Å². The second-order valence-electron chi connectivity index (χ2n) is 9.75. The fourth-order valence-electron chi connectivity index (χ4n) is 6.10. The first-order valence-electron chi connectivity index (χ1n) is 12.0. The molecule has 0 bridgehead atoms. The van der Waals surface area contributed by atoms with Gasteiger partial charge in [0.1, 0.15) is 11.6 Å². The van der Waals surface area contributed by atoms with Gasteiger partial charge in [0.05, 0.1) is 12.7 Å². The Labute approximate surface area is 184 Å². The maximum absolute atomic E-state index is 14.9. The minimum atomic E-state index is -0.786. The number of hydrogen-bond acceptors (Lipinski definition) is 2. The molecule has 2 aromatic carbocycles. The number of hydrogen-bond donors (Lipinski definition) is 0. The predicted molar refractivity (Wildman–Crippen MR) is 120 cm³/mol. The molecule has 0 spiro atoms. The number of esters is 1. The average Bonchev–Trinajstić information content (AvgIpc) is 2.77. The van der Waals surface area contributed by atoms with Crippen molar-refractivity contribution in [1.82, 2.24) is 0 Å². The Kier molecular flexibility index (Phi) is 6.93. The second-order valence-corrected chi connectivity index (χ2v) is 9.75. The molecular weight excluding hydrogens is 394 g/mol. The van der Waals surface area contributed by atoms with E-state index in [1.165, 1.54) is 70.6 Å². The van der Waals surface area contributed by atoms with Crippen LogP contribution in [0.2, 0.25) is 0 Å². The van der Waals surface area contributed by atoms with Gasteiger partial charge >= 0.3 is 5.97 Å². The Morgan fingerprint density at radius 3 is 2.52 bits per heavy atom. The molecular formula is C27H34F2O2. The molecule has 2 saturated carbocycles. The summed E-state index contributed by atoms with van der Waals surface area (Å²) in [5.74, 6) is 0.946. The van der Waals surface area contributed by atoms with E-state index in [9.17, 15) is 13.6 Å². The van der Waals surface area contributed by atoms with Crippen LogP contribution in [0.3, 0.4) is 0 Å². The Balaban J connectivity index is 1.48. The lowest BCUT2D eigenvalue weighted by atomic mass is 9.63. The molecule has 2 aliphatic carbocycles. The molecule has 2 aliphatic rings. The van der Waals surface area contributed by atoms with Gasteiger partial charge in [-0.25, -0.2) is 13.6 Å². The normalized spacial score (nSPS) is 25.9. The highest BCUT2D eigenvalue weighted by Crippen LogP contribution is 2.48. The first kappa shape index (κ1) is 22.2. The minimum absolute atomic E-state index is 0.224. The van der Waals surface area contributed by atoms with Gasteiger partial charge in [-0.1, -0.05) is 45.1 Å². The number of carbonyl (C=O) groups excluding carboxylic acids is 1. The highest BCUT2D eigenvalue weighted by molar-refractivity contribution is 5.96. The summed E-state index contributed by atoms with van der Waals surface area (Å²) in [5.41, 5.74) is 0.747. The molecule has 4 heteroatoms. The van der Waals surface area contributed by atoms with Gasteiger partial charge in [-0.2, -0.15) is 0 Å². The van der Waals surface area contributed by atoms with E-state index in [0.717, 1.165) is 36.2 Å². The van der Waals surface area contributed by atoms with Crippen molar-refractivity contribution in [2.45, 2.75) is 77.0 Å². The smallest absolute Gasteiger partial charge is 0.340 e. The highest BCUT2D eigenvalue weighted by Gasteiger charge is 2.36. The molecule has 2 aromatic rings. The van der Waals surface area contributed by atoms with Crippen LogP contribution in [0.5, 0.6) is 0 Å². The molecule has 4 atom stereocenters. The molecule has 0 aliphatic heterocycles. The van der Waals surface area contributed by atoms with Gasteiger partial charge < -0.3 is 4.74 Å². The number of ether oxygens (including phenoxy) is 1. The summed E-state index contributed by atoms with van der Waals surface area (Å²) in [6.07, 6.45) is 12.8. The monoisotopic (exact) mass is 428 g/mol. The minimum Gasteiger partial charge on any atom is -0.465 e. The van der Waals surface area contributed by atoms with Gasteiger partial charge in [0, 0.05) is 5.39 Å². The molecule has 31 heavy (non-hydrogen) atoms. The number of fused-ring (bicyclic) bond motifs is 2. The third-order valence-electron chi connectivity index (χ3n) is 7.83. The summed E-state index contributed by atoms with van der Waals surface area (Å²) in [6, 6.07) is 6.06. The van der Waals surface area contributed by atoms with Crippen LogP contribution >= 0.6 is 0 Å². The van der Waals surface area contributed by atoms with E-state index < -0.39 is 11.8 Å². The Bertz CT molecular complexity index is 938. The largest absolute Gasteiger partial charge is 0.465 e. The van der Waals surface area contributed by atoms with Crippen LogP contribution in [0.25, 0.3) is 10.8 Å². The molecule has 0 amide bonds. The number of rotatable bonds is 6. The number of halogens is 2. The predicted octanol–water partition coefficient (Wildman–Crippen LogP) is 7.78. The molecule has 0 heterocycles. The first-order valence-corrected chi connectivity index (χ1v) is 12.0. The number of carbonyl (C=O) groups is 1. The summed E-state index contributed by atoms with van der Waals surface area (Å²) < 4.78 is 34.0. The van der Waals surface area contributed by atoms with Gasteiger partial charge in [0.2, 0.25) is 0 Å². The fourth-order valence-corrected chi connectivity index (χ4v) is 6.10. The van der Waals surface area contributed by atoms with Crippen LogP contribution in [0.1, 0.15) is 93.0 Å². The highest BCUT2D eigenvalue weighted by atomic mass is 19.1. The molecule has 0 saturated heterocycles. The summed E-state index contributed by atoms with van der Waals surface area (Å²) in [7, 11) is 1.19. The van der Waals surface area contributed by atoms with E-state index in [1.807, 2.05) is 6.07 Å². The lowest BCUT2D eigenvalue weighted by Gasteiger charge is -2.42. The number of unbranched alkanes of at least 4 members (excludes halogenated alkanes) is 2. The maximum atomic E-state index is 14.9. The lowest BCUT2D eigenvalue weighted by Crippen LogP contribution is -2.30. The van der Waals surface area contributed by atoms with Gasteiger partial charge in [-0.05, 0) is 84.9 Å². The van der Waals surface area contributed by atoms with Crippen LogP contribution in [0.4, 0.5) is 8.78 Å². The Morgan fingerprint density at radius 1 is 0.968 bits per heavy atom. The van der Waals surface area contributed by atoms with Crippen molar-refractivity contribution in [2.24, 2.45) is 17.8 Å². The van der Waals surface area contributed by atoms with Crippen molar-refractivity contribution >= 4 is 16.7 Å². The van der Waals surface area contributed by atoms with Crippen molar-refractivity contribution in [3.63, 3.8) is 0 Å². The van der Waals surface area contributed by atoms with Crippen LogP contribution in [0, 0.1) is 29.4 Å². The van der Waals surface area contributed by atoms with Gasteiger partial charge in [-0.3, -0.25) is 0 Å². The Hall–Kier alpha value is -1.97. The number of methoxy groups -OCH3 is 1. The summed E-state index contributed by atoms with van der Waals surface area (Å²) >= 11 is 0. The SMILES string of the molecule is CCCCCC1CC[C@@H]2CC(c3cc(F)c4cc(C(=O)OC)c(F)cc4c3)CC[C@H]2C1. The summed E-state index contributed by atoms with van der Waals surface area (Å²) in [4.78, 5) is 11.7. The van der Waals surface area contributed by atoms with Crippen LogP contribution < -0.4 is 0 Å². The van der Waals surface area contributed by atoms with Crippen molar-refractivity contribution < 1.29 is 18.3 Å². The molecule has 2 fully saturated rings. The molecule has 4 rings (SSSR count). The molecule has 0 aromatic heterocycles. The van der Waals surface area contributed by atoms with E-state index >= 15 is 0 Å². The van der Waals surface area contributed by atoms with Crippen LogP contribution in [-0.2, 0) is 4.74 Å². The third-order valence-corrected chi connectivity index (χ3v) is 7.83. The molecule has 168 valence electrons. The quantitative estimate of drug-likeness (QED) is 0.347. The maximum Gasteiger partial charge on any atom is 0.340 e. The van der Waals surface area contributed by atoms with E-state index in [4.69, 9.17) is 0 Å². The zero-order valence-corrected chi connectivity index (χ0v) is 18.8. The molecule has 0 radical (unpaired) electrons. The van der Waals surface area contributed by atoms with E-state index in [0.29, 0.717) is 11.3 Å². The van der Waals surface area contributed by atoms with Crippen LogP contribution in [0.15, 0.2) is 24.3 Å². The molecule has 2 nitrogen and oxygen atoms in total. The zero-order valence-electron chi connectivity index (χ0n) is 18.8. The van der Waals surface area contributed by atoms with Crippen LogP contribution in [-0.4, -0.2) is 13.1 Å². The standard InChI is InChI=1S/C27H34F2O2/c1-3-4-5-6-17-7-8-19-12-20(10-9-18(19)11-17)21-13-22-15-26(29)24(27(30)31-2)16-23(22)25(28)14-21/h13-20H,3-12H2,1-2H3/t17?,18-,19+,20?/m0/s1. The van der Waals surface area contributed by atoms with Gasteiger partial charge in [0.25, 0.3) is 0 Å². The number of benzene rings is 2. The van der Waals surface area contributed by atoms with E-state index in [1.54, 1.807) is 6.07 Å². The summed E-state index contributed by atoms with van der Waals surface area (Å²) in [5, 5.41) is 0.786. The van der Waals surface area contributed by atoms with Crippen molar-refractivity contribution in [2.75, 3.05) is 7.11 Å². The third kappa shape index (κ3) is 4.78. The lowest BCUT2D eigenvalue weighted by molar-refractivity contribution is 0.0595. The zero-order chi connectivity index (χ0) is 22.0. The fraction of sp³-hybridized carbons (Fsp3) is 0.593. The summed E-state index contributed by atoms with van der Waals surface area (Å²) in [6.45, 7) is 2.26. The topological polar surface area (TPSA) is 26.3 Å². The first-order chi connectivity index (χ1) is 15.0. The van der Waals surface area contributed by atoms with Gasteiger partial charge in [-0.15, -0.1) is 0 Å².